The SMILES string of the molecule is CC1(C)C(Cl)C2C(=O)OC(=O)C21. The van der Waals surface area contributed by atoms with Gasteiger partial charge in [0, 0.05) is 0 Å². The Balaban J connectivity index is 2.34. The molecule has 2 aliphatic rings. The number of halogens is 1. The number of hydrogen-bond donors (Lipinski definition) is 0. The van der Waals surface area contributed by atoms with Crippen LogP contribution in [0.15, 0.2) is 0 Å². The molecule has 1 aliphatic carbocycles. The molecule has 3 unspecified atom stereocenters. The third kappa shape index (κ3) is 0.678. The highest BCUT2D eigenvalue weighted by atomic mass is 35.5. The van der Waals surface area contributed by atoms with Crippen LogP contribution >= 0.6 is 11.6 Å². The molecule has 0 aromatic carbocycles. The Bertz CT molecular complexity index is 271. The number of ether oxygens (including phenoxy) is 1. The first kappa shape index (κ1) is 8.05. The molecule has 3 nitrogen and oxygen atoms in total. The number of hydrogen-bond acceptors (Lipinski definition) is 3. The lowest BCUT2D eigenvalue weighted by Gasteiger charge is -2.47. The number of alkyl halides is 1. The quantitative estimate of drug-likeness (QED) is 0.323. The van der Waals surface area contributed by atoms with Crippen molar-refractivity contribution in [3.05, 3.63) is 0 Å². The van der Waals surface area contributed by atoms with Gasteiger partial charge in [0.1, 0.15) is 0 Å². The van der Waals surface area contributed by atoms with Crippen molar-refractivity contribution >= 4 is 23.5 Å². The van der Waals surface area contributed by atoms with Crippen LogP contribution in [-0.4, -0.2) is 17.3 Å². The minimum absolute atomic E-state index is 0.263. The molecule has 0 spiro atoms. The maximum atomic E-state index is 11.1. The molecule has 0 N–H and O–H groups in total. The third-order valence-corrected chi connectivity index (χ3v) is 3.75. The van der Waals surface area contributed by atoms with Gasteiger partial charge in [-0.25, -0.2) is 0 Å². The molecule has 1 aliphatic heterocycles. The number of esters is 2. The largest absolute Gasteiger partial charge is 0.393 e. The van der Waals surface area contributed by atoms with Crippen molar-refractivity contribution < 1.29 is 14.3 Å². The van der Waals surface area contributed by atoms with Gasteiger partial charge in [0.05, 0.1) is 17.2 Å². The maximum absolute atomic E-state index is 11.1. The molecule has 2 rings (SSSR count). The van der Waals surface area contributed by atoms with Gasteiger partial charge in [-0.1, -0.05) is 13.8 Å². The van der Waals surface area contributed by atoms with E-state index in [0.29, 0.717) is 0 Å². The molecule has 0 radical (unpaired) electrons. The summed E-state index contributed by atoms with van der Waals surface area (Å²) >= 11 is 5.95. The second-order valence-electron chi connectivity index (χ2n) is 3.97. The smallest absolute Gasteiger partial charge is 0.319 e. The predicted molar refractivity (Wildman–Crippen MR) is 41.5 cm³/mol. The molecule has 0 aromatic heterocycles. The fraction of sp³-hybridized carbons (Fsp3) is 0.750. The van der Waals surface area contributed by atoms with Crippen molar-refractivity contribution in [3.8, 4) is 0 Å². The van der Waals surface area contributed by atoms with Crippen molar-refractivity contribution in [2.45, 2.75) is 19.2 Å². The third-order valence-electron chi connectivity index (χ3n) is 2.91. The van der Waals surface area contributed by atoms with E-state index in [4.69, 9.17) is 11.6 Å². The first-order valence-corrected chi connectivity index (χ1v) is 4.29. The average Bonchev–Trinajstić information content (AvgIpc) is 2.23. The molecular formula is C8H9ClO3. The summed E-state index contributed by atoms with van der Waals surface area (Å²) in [6.45, 7) is 3.76. The van der Waals surface area contributed by atoms with E-state index >= 15 is 0 Å². The van der Waals surface area contributed by atoms with Crippen LogP contribution in [0.3, 0.4) is 0 Å². The summed E-state index contributed by atoms with van der Waals surface area (Å²) in [6.07, 6.45) is 0. The van der Waals surface area contributed by atoms with Gasteiger partial charge < -0.3 is 4.74 Å². The summed E-state index contributed by atoms with van der Waals surface area (Å²) < 4.78 is 4.49. The Kier molecular flexibility index (Phi) is 1.35. The van der Waals surface area contributed by atoms with Crippen LogP contribution in [0.2, 0.25) is 0 Å². The fourth-order valence-electron chi connectivity index (χ4n) is 2.08. The fourth-order valence-corrected chi connectivity index (χ4v) is 2.47. The highest BCUT2D eigenvalue weighted by molar-refractivity contribution is 6.25. The lowest BCUT2D eigenvalue weighted by molar-refractivity contribution is -0.153. The van der Waals surface area contributed by atoms with E-state index < -0.39 is 17.9 Å². The summed E-state index contributed by atoms with van der Waals surface area (Å²) in [5.74, 6) is -1.57. The summed E-state index contributed by atoms with van der Waals surface area (Å²) in [5.41, 5.74) is -0.296. The van der Waals surface area contributed by atoms with E-state index in [9.17, 15) is 9.59 Å². The second-order valence-corrected chi connectivity index (χ2v) is 4.44. The van der Waals surface area contributed by atoms with Gasteiger partial charge in [0.2, 0.25) is 0 Å². The van der Waals surface area contributed by atoms with Crippen LogP contribution < -0.4 is 0 Å². The first-order chi connectivity index (χ1) is 5.46. The minimum atomic E-state index is -0.454. The Morgan fingerprint density at radius 2 is 1.92 bits per heavy atom. The molecule has 1 heterocycles. The summed E-state index contributed by atoms with van der Waals surface area (Å²) in [5, 5.41) is -0.263. The van der Waals surface area contributed by atoms with Crippen molar-refractivity contribution in [2.75, 3.05) is 0 Å². The summed E-state index contributed by atoms with van der Waals surface area (Å²) in [6, 6.07) is 0. The molecule has 12 heavy (non-hydrogen) atoms. The topological polar surface area (TPSA) is 43.4 Å². The van der Waals surface area contributed by atoms with Gasteiger partial charge >= 0.3 is 11.9 Å². The maximum Gasteiger partial charge on any atom is 0.319 e. The normalized spacial score (nSPS) is 43.4. The molecular weight excluding hydrogens is 180 g/mol. The number of fused-ring (bicyclic) bond motifs is 1. The molecule has 0 amide bonds. The molecule has 3 atom stereocenters. The van der Waals surface area contributed by atoms with Gasteiger partial charge in [-0.2, -0.15) is 0 Å². The Labute approximate surface area is 75.0 Å². The zero-order valence-corrected chi connectivity index (χ0v) is 7.59. The second kappa shape index (κ2) is 2.02. The Morgan fingerprint density at radius 3 is 2.42 bits per heavy atom. The summed E-state index contributed by atoms with van der Waals surface area (Å²) in [7, 11) is 0. The van der Waals surface area contributed by atoms with Crippen LogP contribution in [-0.2, 0) is 14.3 Å². The van der Waals surface area contributed by atoms with Crippen molar-refractivity contribution in [2.24, 2.45) is 17.3 Å². The van der Waals surface area contributed by atoms with E-state index in [1.807, 2.05) is 13.8 Å². The number of carbonyl (C=O) groups excluding carboxylic acids is 2. The van der Waals surface area contributed by atoms with E-state index in [1.165, 1.54) is 0 Å². The highest BCUT2D eigenvalue weighted by Gasteiger charge is 2.67. The Morgan fingerprint density at radius 1 is 1.33 bits per heavy atom. The molecule has 1 saturated heterocycles. The monoisotopic (exact) mass is 188 g/mol. The predicted octanol–water partition coefficient (Wildman–Crippen LogP) is 0.949. The Hall–Kier alpha value is -0.570. The van der Waals surface area contributed by atoms with E-state index in [2.05, 4.69) is 4.74 Å². The average molecular weight is 189 g/mol. The molecule has 2 fully saturated rings. The van der Waals surface area contributed by atoms with Crippen LogP contribution in [0.25, 0.3) is 0 Å². The van der Waals surface area contributed by atoms with Crippen LogP contribution in [0.5, 0.6) is 0 Å². The molecule has 66 valence electrons. The zero-order chi connectivity index (χ0) is 9.09. The molecule has 0 aromatic rings. The first-order valence-electron chi connectivity index (χ1n) is 3.86. The van der Waals surface area contributed by atoms with Crippen LogP contribution in [0.1, 0.15) is 13.8 Å². The van der Waals surface area contributed by atoms with E-state index in [1.54, 1.807) is 0 Å². The van der Waals surface area contributed by atoms with E-state index in [0.717, 1.165) is 0 Å². The van der Waals surface area contributed by atoms with Gasteiger partial charge in [-0.15, -0.1) is 11.6 Å². The van der Waals surface area contributed by atoms with E-state index in [-0.39, 0.29) is 16.7 Å². The van der Waals surface area contributed by atoms with Crippen molar-refractivity contribution in [3.63, 3.8) is 0 Å². The summed E-state index contributed by atoms with van der Waals surface area (Å²) in [4.78, 5) is 22.1. The van der Waals surface area contributed by atoms with Gasteiger partial charge in [0.25, 0.3) is 0 Å². The van der Waals surface area contributed by atoms with Crippen LogP contribution in [0, 0.1) is 17.3 Å². The lowest BCUT2D eigenvalue weighted by Crippen LogP contribution is -2.56. The molecule has 1 saturated carbocycles. The lowest BCUT2D eigenvalue weighted by atomic mass is 9.56. The van der Waals surface area contributed by atoms with Gasteiger partial charge in [0.15, 0.2) is 0 Å². The molecule has 0 bridgehead atoms. The van der Waals surface area contributed by atoms with Crippen molar-refractivity contribution in [1.29, 1.82) is 0 Å². The van der Waals surface area contributed by atoms with Gasteiger partial charge in [-0.05, 0) is 5.41 Å². The standard InChI is InChI=1S/C8H9ClO3/c1-8(2)4-3(5(8)9)6(10)12-7(4)11/h3-5H,1-2H3. The number of rotatable bonds is 0. The van der Waals surface area contributed by atoms with Crippen molar-refractivity contribution in [1.82, 2.24) is 0 Å². The van der Waals surface area contributed by atoms with Crippen LogP contribution in [0.4, 0.5) is 0 Å². The highest BCUT2D eigenvalue weighted by Crippen LogP contribution is 2.57. The number of carbonyl (C=O) groups is 2. The number of cyclic esters (lactones) is 2. The zero-order valence-electron chi connectivity index (χ0n) is 6.83. The minimum Gasteiger partial charge on any atom is -0.393 e. The molecule has 4 heteroatoms. The van der Waals surface area contributed by atoms with Gasteiger partial charge in [-0.3, -0.25) is 9.59 Å².